The number of rotatable bonds is 2. The molecule has 64 valence electrons. The number of benzene rings is 1. The van der Waals surface area contributed by atoms with E-state index in [9.17, 15) is 0 Å². The Morgan fingerprint density at radius 1 is 1.50 bits per heavy atom. The highest BCUT2D eigenvalue weighted by Gasteiger charge is 1.93. The number of aryl methyl sites for hydroxylation is 1. The molecule has 0 saturated carbocycles. The van der Waals surface area contributed by atoms with Crippen LogP contribution in [0.15, 0.2) is 24.3 Å². The Morgan fingerprint density at radius 3 is 2.92 bits per heavy atom. The summed E-state index contributed by atoms with van der Waals surface area (Å²) in [6.45, 7) is 2.04. The van der Waals surface area contributed by atoms with Crippen LogP contribution in [0.2, 0.25) is 0 Å². The summed E-state index contributed by atoms with van der Waals surface area (Å²) in [5.41, 5.74) is 8.77. The summed E-state index contributed by atoms with van der Waals surface area (Å²) in [4.78, 5) is 0. The third-order valence-electron chi connectivity index (χ3n) is 1.63. The first-order chi connectivity index (χ1) is 5.74. The zero-order valence-electron chi connectivity index (χ0n) is 7.05. The van der Waals surface area contributed by atoms with Crippen LogP contribution < -0.4 is 5.73 Å². The number of nitrogens with two attached hydrogens (primary N) is 1. The summed E-state index contributed by atoms with van der Waals surface area (Å²) in [6, 6.07) is 5.94. The van der Waals surface area contributed by atoms with Crippen LogP contribution in [0, 0.1) is 6.92 Å². The van der Waals surface area contributed by atoms with Crippen molar-refractivity contribution in [3.63, 3.8) is 0 Å². The Balaban J connectivity index is 2.97. The lowest BCUT2D eigenvalue weighted by Gasteiger charge is -2.00. The van der Waals surface area contributed by atoms with Crippen molar-refractivity contribution in [3.05, 3.63) is 35.4 Å². The molecule has 0 fully saturated rings. The molecular weight excluding hydrogens is 170 g/mol. The number of hydrogen-bond acceptors (Lipinski definition) is 1. The molecule has 0 heterocycles. The molecule has 0 atom stereocenters. The SMILES string of the molecule is Cc1ccc(N)c(C=CCCl)c1. The van der Waals surface area contributed by atoms with E-state index in [4.69, 9.17) is 17.3 Å². The minimum Gasteiger partial charge on any atom is -0.398 e. The summed E-state index contributed by atoms with van der Waals surface area (Å²) in [6.07, 6.45) is 3.82. The summed E-state index contributed by atoms with van der Waals surface area (Å²) >= 11 is 5.52. The van der Waals surface area contributed by atoms with Crippen molar-refractivity contribution in [2.24, 2.45) is 0 Å². The van der Waals surface area contributed by atoms with Gasteiger partial charge in [0, 0.05) is 11.6 Å². The zero-order chi connectivity index (χ0) is 8.97. The van der Waals surface area contributed by atoms with Gasteiger partial charge in [-0.05, 0) is 24.6 Å². The number of hydrogen-bond donors (Lipinski definition) is 1. The van der Waals surface area contributed by atoms with Crippen LogP contribution in [0.5, 0.6) is 0 Å². The van der Waals surface area contributed by atoms with E-state index in [-0.39, 0.29) is 0 Å². The second-order valence-corrected chi connectivity index (χ2v) is 3.00. The van der Waals surface area contributed by atoms with Crippen molar-refractivity contribution >= 4 is 23.4 Å². The van der Waals surface area contributed by atoms with Crippen LogP contribution in [0.3, 0.4) is 0 Å². The first-order valence-electron chi connectivity index (χ1n) is 3.82. The van der Waals surface area contributed by atoms with Gasteiger partial charge in [0.05, 0.1) is 0 Å². The highest BCUT2D eigenvalue weighted by atomic mass is 35.5. The van der Waals surface area contributed by atoms with Crippen LogP contribution in [-0.4, -0.2) is 5.88 Å². The summed E-state index contributed by atoms with van der Waals surface area (Å²) in [5, 5.41) is 0. The van der Waals surface area contributed by atoms with Crippen LogP contribution >= 0.6 is 11.6 Å². The van der Waals surface area contributed by atoms with E-state index in [2.05, 4.69) is 0 Å². The van der Waals surface area contributed by atoms with Crippen LogP contribution in [0.1, 0.15) is 11.1 Å². The Hall–Kier alpha value is -0.950. The number of nitrogen functional groups attached to an aromatic ring is 1. The molecule has 12 heavy (non-hydrogen) atoms. The van der Waals surface area contributed by atoms with Crippen molar-refractivity contribution < 1.29 is 0 Å². The Kier molecular flexibility index (Phi) is 3.18. The molecule has 1 aromatic carbocycles. The molecular formula is C10H12ClN. The number of alkyl halides is 1. The van der Waals surface area contributed by atoms with Crippen LogP contribution in [0.4, 0.5) is 5.69 Å². The number of anilines is 1. The quantitative estimate of drug-likeness (QED) is 0.551. The van der Waals surface area contributed by atoms with Gasteiger partial charge in [0.2, 0.25) is 0 Å². The van der Waals surface area contributed by atoms with Gasteiger partial charge in [-0.1, -0.05) is 23.8 Å². The van der Waals surface area contributed by atoms with Crippen molar-refractivity contribution in [1.29, 1.82) is 0 Å². The van der Waals surface area contributed by atoms with Gasteiger partial charge in [-0.3, -0.25) is 0 Å². The molecule has 0 bridgehead atoms. The molecule has 1 aromatic rings. The third-order valence-corrected chi connectivity index (χ3v) is 1.81. The molecule has 2 N–H and O–H groups in total. The Morgan fingerprint density at radius 2 is 2.25 bits per heavy atom. The maximum absolute atomic E-state index is 5.74. The van der Waals surface area contributed by atoms with Gasteiger partial charge in [-0.25, -0.2) is 0 Å². The fourth-order valence-corrected chi connectivity index (χ4v) is 1.10. The lowest BCUT2D eigenvalue weighted by molar-refractivity contribution is 1.46. The van der Waals surface area contributed by atoms with E-state index >= 15 is 0 Å². The normalized spacial score (nSPS) is 10.8. The average Bonchev–Trinajstić information content (AvgIpc) is 2.07. The largest absolute Gasteiger partial charge is 0.398 e. The molecule has 1 nitrogen and oxygen atoms in total. The van der Waals surface area contributed by atoms with Crippen molar-refractivity contribution in [2.45, 2.75) is 6.92 Å². The maximum atomic E-state index is 5.74. The van der Waals surface area contributed by atoms with E-state index in [1.807, 2.05) is 37.3 Å². The van der Waals surface area contributed by atoms with Crippen molar-refractivity contribution in [1.82, 2.24) is 0 Å². The summed E-state index contributed by atoms with van der Waals surface area (Å²) in [5.74, 6) is 0.521. The van der Waals surface area contributed by atoms with E-state index < -0.39 is 0 Å². The van der Waals surface area contributed by atoms with E-state index in [1.54, 1.807) is 0 Å². The van der Waals surface area contributed by atoms with Crippen molar-refractivity contribution in [3.8, 4) is 0 Å². The van der Waals surface area contributed by atoms with Gasteiger partial charge in [-0.2, -0.15) is 0 Å². The van der Waals surface area contributed by atoms with E-state index in [0.29, 0.717) is 5.88 Å². The first kappa shape index (κ1) is 9.14. The molecule has 2 heteroatoms. The third kappa shape index (κ3) is 2.28. The minimum atomic E-state index is 0.521. The topological polar surface area (TPSA) is 26.0 Å². The van der Waals surface area contributed by atoms with Gasteiger partial charge >= 0.3 is 0 Å². The molecule has 0 saturated heterocycles. The lowest BCUT2D eigenvalue weighted by Crippen LogP contribution is -1.89. The van der Waals surface area contributed by atoms with Gasteiger partial charge in [0.1, 0.15) is 0 Å². The number of halogens is 1. The predicted octanol–water partition coefficient (Wildman–Crippen LogP) is 2.83. The molecule has 0 aliphatic heterocycles. The predicted molar refractivity (Wildman–Crippen MR) is 55.3 cm³/mol. The molecule has 1 rings (SSSR count). The minimum absolute atomic E-state index is 0.521. The Bertz CT molecular complexity index is 292. The van der Waals surface area contributed by atoms with Crippen molar-refractivity contribution in [2.75, 3.05) is 11.6 Å². The highest BCUT2D eigenvalue weighted by molar-refractivity contribution is 6.19. The van der Waals surface area contributed by atoms with Gasteiger partial charge in [0.15, 0.2) is 0 Å². The monoisotopic (exact) mass is 181 g/mol. The molecule has 0 unspecified atom stereocenters. The van der Waals surface area contributed by atoms with E-state index in [1.165, 1.54) is 5.56 Å². The molecule has 0 amide bonds. The highest BCUT2D eigenvalue weighted by Crippen LogP contribution is 2.15. The second-order valence-electron chi connectivity index (χ2n) is 2.69. The van der Waals surface area contributed by atoms with Gasteiger partial charge in [0.25, 0.3) is 0 Å². The standard InChI is InChI=1S/C10H12ClN/c1-8-4-5-10(12)9(7-8)3-2-6-11/h2-5,7H,6,12H2,1H3. The summed E-state index contributed by atoms with van der Waals surface area (Å²) < 4.78 is 0. The average molecular weight is 182 g/mol. The fraction of sp³-hybridized carbons (Fsp3) is 0.200. The first-order valence-corrected chi connectivity index (χ1v) is 4.36. The molecule has 0 radical (unpaired) electrons. The van der Waals surface area contributed by atoms with Crippen LogP contribution in [-0.2, 0) is 0 Å². The van der Waals surface area contributed by atoms with Crippen LogP contribution in [0.25, 0.3) is 6.08 Å². The number of allylic oxidation sites excluding steroid dienone is 1. The maximum Gasteiger partial charge on any atom is 0.0407 e. The summed E-state index contributed by atoms with van der Waals surface area (Å²) in [7, 11) is 0. The van der Waals surface area contributed by atoms with E-state index in [0.717, 1.165) is 11.3 Å². The Labute approximate surface area is 77.8 Å². The molecule has 0 aliphatic rings. The molecule has 0 aliphatic carbocycles. The smallest absolute Gasteiger partial charge is 0.0407 e. The lowest BCUT2D eigenvalue weighted by atomic mass is 10.1. The van der Waals surface area contributed by atoms with Gasteiger partial charge < -0.3 is 5.73 Å². The molecule has 0 aromatic heterocycles. The molecule has 0 spiro atoms. The van der Waals surface area contributed by atoms with Gasteiger partial charge in [-0.15, -0.1) is 11.6 Å². The second kappa shape index (κ2) is 4.17. The zero-order valence-corrected chi connectivity index (χ0v) is 7.81. The fourth-order valence-electron chi connectivity index (χ4n) is 1.01.